The van der Waals surface area contributed by atoms with E-state index < -0.39 is 41.6 Å². The van der Waals surface area contributed by atoms with Crippen LogP contribution in [-0.4, -0.2) is 50.2 Å². The van der Waals surface area contributed by atoms with Crippen molar-refractivity contribution in [2.45, 2.75) is 63.9 Å². The lowest BCUT2D eigenvalue weighted by atomic mass is 9.72. The molecule has 0 aliphatic carbocycles. The molecule has 10 rings (SSSR count). The summed E-state index contributed by atoms with van der Waals surface area (Å²) in [6.45, 7) is 7.32. The molecule has 10 bridgehead atoms. The number of ether oxygens (including phenoxy) is 1. The predicted octanol–water partition coefficient (Wildman–Crippen LogP) is 7.77. The fourth-order valence-corrected chi connectivity index (χ4v) is 9.25. The van der Waals surface area contributed by atoms with Gasteiger partial charge in [-0.05, 0) is 47.2 Å². The Morgan fingerprint density at radius 3 is 2.60 bits per heavy atom. The van der Waals surface area contributed by atoms with E-state index >= 15 is 0 Å². The number of nitrogens with zero attached hydrogens (tertiary/aromatic N) is 2. The molecule has 3 aromatic carbocycles. The molecule has 2 unspecified atom stereocenters. The molecular weight excluding hydrogens is 767 g/mol. The fourth-order valence-electron chi connectivity index (χ4n) is 8.54. The lowest BCUT2D eigenvalue weighted by Gasteiger charge is -2.29. The lowest BCUT2D eigenvalue weighted by Crippen LogP contribution is -2.52. The van der Waals surface area contributed by atoms with Crippen LogP contribution >= 0.6 is 34.8 Å². The first-order valence-corrected chi connectivity index (χ1v) is 19.2. The van der Waals surface area contributed by atoms with Crippen molar-refractivity contribution in [3.05, 3.63) is 92.2 Å². The van der Waals surface area contributed by atoms with E-state index in [-0.39, 0.29) is 46.6 Å². The van der Waals surface area contributed by atoms with Gasteiger partial charge in [-0.1, -0.05) is 86.8 Å². The number of nitrogens with one attached hydrogen (secondary N) is 4. The molecule has 0 radical (unpaired) electrons. The molecule has 0 saturated heterocycles. The third kappa shape index (κ3) is 4.81. The maximum atomic E-state index is 14.2. The minimum absolute atomic E-state index is 0.0623. The summed E-state index contributed by atoms with van der Waals surface area (Å²) in [7, 11) is 0. The molecule has 7 heterocycles. The molecule has 280 valence electrons. The number of anilines is 1. The van der Waals surface area contributed by atoms with Crippen LogP contribution in [0.5, 0.6) is 5.75 Å². The number of carbonyl (C=O) groups is 2. The Morgan fingerprint density at radius 2 is 1.82 bits per heavy atom. The summed E-state index contributed by atoms with van der Waals surface area (Å²) < 4.78 is 20.4. The van der Waals surface area contributed by atoms with Crippen molar-refractivity contribution in [3.63, 3.8) is 0 Å². The number of hydrogen-bond acceptors (Lipinski definition) is 9. The van der Waals surface area contributed by atoms with Crippen LogP contribution in [0.2, 0.25) is 15.3 Å². The van der Waals surface area contributed by atoms with Crippen LogP contribution in [0.4, 0.5) is 5.69 Å². The van der Waals surface area contributed by atoms with Crippen LogP contribution < -0.4 is 20.7 Å². The predicted molar refractivity (Wildman–Crippen MR) is 206 cm³/mol. The number of benzene rings is 3. The Balaban J connectivity index is 1.31. The van der Waals surface area contributed by atoms with Crippen LogP contribution in [0.25, 0.3) is 44.9 Å². The number of oxazole rings is 2. The van der Waals surface area contributed by atoms with Gasteiger partial charge in [0.2, 0.25) is 17.7 Å². The summed E-state index contributed by atoms with van der Waals surface area (Å²) in [6.07, 6.45) is -1.97. The molecule has 4 aliphatic heterocycles. The summed E-state index contributed by atoms with van der Waals surface area (Å²) in [4.78, 5) is 40.5. The van der Waals surface area contributed by atoms with Gasteiger partial charge >= 0.3 is 0 Å². The van der Waals surface area contributed by atoms with Crippen LogP contribution in [0.1, 0.15) is 62.1 Å². The first-order valence-electron chi connectivity index (χ1n) is 18.0. The van der Waals surface area contributed by atoms with E-state index in [1.54, 1.807) is 13.8 Å². The molecule has 4 aliphatic rings. The first-order chi connectivity index (χ1) is 26.3. The summed E-state index contributed by atoms with van der Waals surface area (Å²) in [5.41, 5.74) is 4.81. The summed E-state index contributed by atoms with van der Waals surface area (Å²) in [6, 6.07) is 13.5. The maximum Gasteiger partial charge on any atom is 0.250 e. The second-order valence-electron chi connectivity index (χ2n) is 15.3. The number of aromatic amines is 1. The Kier molecular flexibility index (Phi) is 7.52. The van der Waals surface area contributed by atoms with Crippen molar-refractivity contribution < 1.29 is 28.3 Å². The van der Waals surface area contributed by atoms with Crippen molar-refractivity contribution in [2.75, 3.05) is 5.32 Å². The van der Waals surface area contributed by atoms with Gasteiger partial charge in [-0.25, -0.2) is 4.98 Å². The molecule has 0 saturated carbocycles. The molecule has 3 aromatic heterocycles. The average Bonchev–Trinajstić information content (AvgIpc) is 3.94. The van der Waals surface area contributed by atoms with E-state index in [0.29, 0.717) is 32.8 Å². The topological polar surface area (TPSA) is 168 Å². The van der Waals surface area contributed by atoms with Crippen molar-refractivity contribution in [3.8, 4) is 39.8 Å². The third-order valence-electron chi connectivity index (χ3n) is 11.2. The number of aliphatic hydroxyl groups is 1. The highest BCUT2D eigenvalue weighted by molar-refractivity contribution is 6.38. The first kappa shape index (κ1) is 34.5. The second kappa shape index (κ2) is 12.0. The van der Waals surface area contributed by atoms with Crippen molar-refractivity contribution >= 4 is 63.2 Å². The van der Waals surface area contributed by atoms with Crippen LogP contribution in [0.3, 0.4) is 0 Å². The Morgan fingerprint density at radius 1 is 1.00 bits per heavy atom. The van der Waals surface area contributed by atoms with Gasteiger partial charge in [0.25, 0.3) is 5.89 Å². The molecule has 5 N–H and O–H groups in total. The van der Waals surface area contributed by atoms with Crippen LogP contribution in [-0.2, 0) is 21.4 Å². The molecule has 2 amide bonds. The number of amides is 2. The summed E-state index contributed by atoms with van der Waals surface area (Å²) in [5, 5.41) is 21.8. The molecular formula is C40H33Cl3N6O6. The van der Waals surface area contributed by atoms with Gasteiger partial charge < -0.3 is 39.6 Å². The smallest absolute Gasteiger partial charge is 0.250 e. The number of rotatable bonds is 4. The van der Waals surface area contributed by atoms with E-state index in [9.17, 15) is 14.7 Å². The average molecular weight is 800 g/mol. The van der Waals surface area contributed by atoms with Gasteiger partial charge in [0.1, 0.15) is 34.5 Å². The Hall–Kier alpha value is -5.01. The van der Waals surface area contributed by atoms with Gasteiger partial charge in [-0.2, -0.15) is 4.98 Å². The third-order valence-corrected chi connectivity index (χ3v) is 12.0. The molecule has 1 spiro atoms. The van der Waals surface area contributed by atoms with Gasteiger partial charge in [0, 0.05) is 44.7 Å². The summed E-state index contributed by atoms with van der Waals surface area (Å²) >= 11 is 21.0. The van der Waals surface area contributed by atoms with Crippen LogP contribution in [0, 0.1) is 11.8 Å². The van der Waals surface area contributed by atoms with Crippen LogP contribution in [0.15, 0.2) is 57.4 Å². The van der Waals surface area contributed by atoms with Crippen molar-refractivity contribution in [1.82, 2.24) is 25.6 Å². The Bertz CT molecular complexity index is 2650. The molecule has 5 atom stereocenters. The number of hydrogen-bond donors (Lipinski definition) is 5. The van der Waals surface area contributed by atoms with E-state index in [1.165, 1.54) is 0 Å². The quantitative estimate of drug-likeness (QED) is 0.120. The molecule has 15 heteroatoms. The zero-order valence-electron chi connectivity index (χ0n) is 29.8. The number of halogens is 3. The number of aromatic nitrogens is 3. The van der Waals surface area contributed by atoms with Gasteiger partial charge in [-0.3, -0.25) is 9.59 Å². The highest BCUT2D eigenvalue weighted by atomic mass is 35.5. The Labute approximate surface area is 328 Å². The number of aliphatic hydroxyl groups excluding tert-OH is 1. The minimum atomic E-state index is -1.31. The highest BCUT2D eigenvalue weighted by Gasteiger charge is 2.62. The number of carbonyl (C=O) groups excluding carboxylic acids is 2. The molecule has 55 heavy (non-hydrogen) atoms. The number of fused-ring (bicyclic) bond motifs is 7. The fraction of sp³-hybridized carbons (Fsp3) is 0.300. The SMILES string of the molecule is CC(C)[C@H](O)C(=O)N[C@H]1Cc2ccc3c(c2)C24c5cc(Cl)cc(c5NC2O3)-c2cccc3[nH]c(Cl)c(c23)-c2oc(nc2Cl)-c2nc(oc24)[C@H](C(C)C)NC1=O. The monoisotopic (exact) mass is 798 g/mol. The summed E-state index contributed by atoms with van der Waals surface area (Å²) in [5.74, 6) is -0.353. The van der Waals surface area contributed by atoms with Crippen molar-refractivity contribution in [2.24, 2.45) is 11.8 Å². The second-order valence-corrected chi connectivity index (χ2v) is 16.4. The van der Waals surface area contributed by atoms with Gasteiger partial charge in [0.15, 0.2) is 28.6 Å². The molecule has 6 aromatic rings. The normalized spacial score (nSPS) is 22.1. The van der Waals surface area contributed by atoms with Gasteiger partial charge in [0.05, 0.1) is 5.56 Å². The van der Waals surface area contributed by atoms with E-state index in [1.807, 2.05) is 62.4 Å². The van der Waals surface area contributed by atoms with E-state index in [2.05, 4.69) is 20.9 Å². The van der Waals surface area contributed by atoms with E-state index in [4.69, 9.17) is 58.3 Å². The zero-order valence-corrected chi connectivity index (χ0v) is 32.1. The minimum Gasteiger partial charge on any atom is -0.469 e. The zero-order chi connectivity index (χ0) is 38.2. The molecule has 12 nitrogen and oxygen atoms in total. The van der Waals surface area contributed by atoms with E-state index in [0.717, 1.165) is 38.8 Å². The standard InChI is InChI=1S/C40H33Cl3N6O6/c1-14(2)27-37-47-29-32(55-37)40-20-10-16(11-23(35(51)46-27)45-36(52)30(50)15(3)4)8-9-24(20)53-39(40)48-28-19(12-17(41)13-21(28)40)18-6-5-7-22-25(18)26(33(42)44-22)31-34(43)49-38(29)54-31/h5-10,12-15,23,27,30,39,44,48,50H,11H2,1-4H3,(H,45,52)(H,46,51)/t23-,27-,30-,39?,40?/m0/s1. The maximum absolute atomic E-state index is 14.2. The van der Waals surface area contributed by atoms with Crippen molar-refractivity contribution in [1.29, 1.82) is 0 Å². The number of H-pyrrole nitrogens is 1. The lowest BCUT2D eigenvalue weighted by molar-refractivity contribution is -0.135. The highest BCUT2D eigenvalue weighted by Crippen LogP contribution is 2.62. The largest absolute Gasteiger partial charge is 0.469 e. The molecule has 0 fully saturated rings. The van der Waals surface area contributed by atoms with Gasteiger partial charge in [-0.15, -0.1) is 0 Å².